The lowest BCUT2D eigenvalue weighted by Crippen LogP contribution is -2.40. The van der Waals surface area contributed by atoms with Crippen LogP contribution in [0.1, 0.15) is 27.0 Å². The molecule has 2 amide bonds. The highest BCUT2D eigenvalue weighted by molar-refractivity contribution is 7.92. The quantitative estimate of drug-likeness (QED) is 0.525. The first kappa shape index (κ1) is 23.2. The Labute approximate surface area is 175 Å². The average Bonchev–Trinajstić information content (AvgIpc) is 2.71. The fourth-order valence-electron chi connectivity index (χ4n) is 2.34. The van der Waals surface area contributed by atoms with Gasteiger partial charge in [0.15, 0.2) is 0 Å². The number of aryl methyl sites for hydroxylation is 2. The molecule has 2 aromatic carbocycles. The second kappa shape index (κ2) is 10.7. The van der Waals surface area contributed by atoms with Crippen LogP contribution in [0, 0.1) is 19.7 Å². The van der Waals surface area contributed by atoms with E-state index in [2.05, 4.69) is 15.4 Å². The lowest BCUT2D eigenvalue weighted by Gasteiger charge is -2.08. The van der Waals surface area contributed by atoms with E-state index in [1.165, 1.54) is 18.2 Å². The number of halogens is 1. The predicted molar refractivity (Wildman–Crippen MR) is 114 cm³/mol. The van der Waals surface area contributed by atoms with Crippen LogP contribution in [0.15, 0.2) is 47.9 Å². The average molecular weight is 434 g/mol. The van der Waals surface area contributed by atoms with E-state index in [1.807, 2.05) is 19.1 Å². The van der Waals surface area contributed by atoms with Gasteiger partial charge in [0.2, 0.25) is 15.9 Å². The third kappa shape index (κ3) is 7.76. The molecular weight excluding hydrogens is 409 g/mol. The smallest absolute Gasteiger partial charge is 0.251 e. The fourth-order valence-corrected chi connectivity index (χ4v) is 3.10. The van der Waals surface area contributed by atoms with Gasteiger partial charge in [-0.15, -0.1) is 0 Å². The molecule has 0 aliphatic rings. The Morgan fingerprint density at radius 1 is 1.00 bits per heavy atom. The molecule has 0 bridgehead atoms. The SMILES string of the molecule is Cc1ccc(C=CS(=O)(=O)NCC(=O)NCCNC(=O)c2ccc(C)c(F)c2)cc1. The van der Waals surface area contributed by atoms with Crippen LogP contribution in [0.4, 0.5) is 4.39 Å². The minimum atomic E-state index is -3.77. The van der Waals surface area contributed by atoms with Crippen molar-refractivity contribution in [3.05, 3.63) is 75.9 Å². The molecular formula is C21H24FN3O4S. The van der Waals surface area contributed by atoms with Crippen LogP contribution in [0.2, 0.25) is 0 Å². The number of benzene rings is 2. The summed E-state index contributed by atoms with van der Waals surface area (Å²) in [5.41, 5.74) is 2.40. The van der Waals surface area contributed by atoms with Gasteiger partial charge in [0, 0.05) is 24.1 Å². The summed E-state index contributed by atoms with van der Waals surface area (Å²) in [6.45, 7) is 3.30. The molecule has 7 nitrogen and oxygen atoms in total. The summed E-state index contributed by atoms with van der Waals surface area (Å²) in [6, 6.07) is 11.4. The first-order valence-corrected chi connectivity index (χ1v) is 10.8. The standard InChI is InChI=1S/C21H24FN3O4S/c1-15-3-6-17(7-4-15)9-12-30(28,29)25-14-20(26)23-10-11-24-21(27)18-8-5-16(2)19(22)13-18/h3-9,12-13,25H,10-11,14H2,1-2H3,(H,23,26)(H,24,27). The van der Waals surface area contributed by atoms with Crippen molar-refractivity contribution in [2.45, 2.75) is 13.8 Å². The maximum atomic E-state index is 13.5. The van der Waals surface area contributed by atoms with Gasteiger partial charge in [-0.2, -0.15) is 0 Å². The van der Waals surface area contributed by atoms with Gasteiger partial charge in [-0.05, 0) is 43.2 Å². The number of nitrogens with one attached hydrogen (secondary N) is 3. The predicted octanol–water partition coefficient (Wildman–Crippen LogP) is 1.88. The summed E-state index contributed by atoms with van der Waals surface area (Å²) in [6.07, 6.45) is 1.43. The van der Waals surface area contributed by atoms with Gasteiger partial charge in [-0.25, -0.2) is 17.5 Å². The summed E-state index contributed by atoms with van der Waals surface area (Å²) < 4.78 is 39.5. The Balaban J connectivity index is 1.70. The van der Waals surface area contributed by atoms with E-state index in [0.717, 1.165) is 22.6 Å². The van der Waals surface area contributed by atoms with Gasteiger partial charge < -0.3 is 10.6 Å². The third-order valence-corrected chi connectivity index (χ3v) is 5.16. The zero-order chi connectivity index (χ0) is 22.1. The molecule has 0 spiro atoms. The van der Waals surface area contributed by atoms with Gasteiger partial charge in [0.25, 0.3) is 5.91 Å². The van der Waals surface area contributed by atoms with E-state index in [0.29, 0.717) is 5.56 Å². The molecule has 30 heavy (non-hydrogen) atoms. The van der Waals surface area contributed by atoms with E-state index < -0.39 is 34.2 Å². The molecule has 160 valence electrons. The number of rotatable bonds is 9. The zero-order valence-electron chi connectivity index (χ0n) is 16.7. The fraction of sp³-hybridized carbons (Fsp3) is 0.238. The largest absolute Gasteiger partial charge is 0.353 e. The highest BCUT2D eigenvalue weighted by atomic mass is 32.2. The van der Waals surface area contributed by atoms with Crippen molar-refractivity contribution in [3.63, 3.8) is 0 Å². The van der Waals surface area contributed by atoms with Gasteiger partial charge in [0.1, 0.15) is 5.82 Å². The van der Waals surface area contributed by atoms with Crippen LogP contribution in [0.25, 0.3) is 6.08 Å². The Kier molecular flexibility index (Phi) is 8.25. The van der Waals surface area contributed by atoms with E-state index in [-0.39, 0.29) is 18.7 Å². The second-order valence-corrected chi connectivity index (χ2v) is 8.30. The van der Waals surface area contributed by atoms with Crippen molar-refractivity contribution in [3.8, 4) is 0 Å². The molecule has 0 atom stereocenters. The van der Waals surface area contributed by atoms with Gasteiger partial charge in [-0.1, -0.05) is 35.9 Å². The highest BCUT2D eigenvalue weighted by Crippen LogP contribution is 2.09. The Hall–Kier alpha value is -3.04. The Bertz CT molecular complexity index is 1030. The van der Waals surface area contributed by atoms with Crippen molar-refractivity contribution >= 4 is 27.9 Å². The van der Waals surface area contributed by atoms with Crippen molar-refractivity contribution in [2.75, 3.05) is 19.6 Å². The molecule has 0 aromatic heterocycles. The molecule has 3 N–H and O–H groups in total. The van der Waals surface area contributed by atoms with Crippen LogP contribution in [-0.4, -0.2) is 39.9 Å². The van der Waals surface area contributed by atoms with Gasteiger partial charge >= 0.3 is 0 Å². The van der Waals surface area contributed by atoms with E-state index in [4.69, 9.17) is 0 Å². The summed E-state index contributed by atoms with van der Waals surface area (Å²) in [4.78, 5) is 23.7. The molecule has 9 heteroatoms. The van der Waals surface area contributed by atoms with Crippen molar-refractivity contribution in [2.24, 2.45) is 0 Å². The lowest BCUT2D eigenvalue weighted by molar-refractivity contribution is -0.119. The number of hydrogen-bond acceptors (Lipinski definition) is 4. The Morgan fingerprint density at radius 3 is 2.33 bits per heavy atom. The van der Waals surface area contributed by atoms with Crippen LogP contribution < -0.4 is 15.4 Å². The second-order valence-electron chi connectivity index (χ2n) is 6.65. The normalized spacial score (nSPS) is 11.4. The molecule has 0 fully saturated rings. The zero-order valence-corrected chi connectivity index (χ0v) is 17.6. The van der Waals surface area contributed by atoms with E-state index in [9.17, 15) is 22.4 Å². The van der Waals surface area contributed by atoms with Crippen LogP contribution in [0.3, 0.4) is 0 Å². The molecule has 0 saturated heterocycles. The van der Waals surface area contributed by atoms with Crippen LogP contribution >= 0.6 is 0 Å². The van der Waals surface area contributed by atoms with Gasteiger partial charge in [0.05, 0.1) is 6.54 Å². The van der Waals surface area contributed by atoms with E-state index in [1.54, 1.807) is 19.1 Å². The first-order valence-electron chi connectivity index (χ1n) is 9.22. The molecule has 0 aliphatic heterocycles. The maximum absolute atomic E-state index is 13.5. The molecule has 2 rings (SSSR count). The van der Waals surface area contributed by atoms with Crippen LogP contribution in [0.5, 0.6) is 0 Å². The monoisotopic (exact) mass is 433 g/mol. The van der Waals surface area contributed by atoms with Crippen molar-refractivity contribution in [1.82, 2.24) is 15.4 Å². The highest BCUT2D eigenvalue weighted by Gasteiger charge is 2.10. The number of carbonyl (C=O) groups is 2. The molecule has 0 unspecified atom stereocenters. The lowest BCUT2D eigenvalue weighted by atomic mass is 10.1. The number of carbonyl (C=O) groups excluding carboxylic acids is 2. The molecule has 0 saturated carbocycles. The molecule has 0 radical (unpaired) electrons. The maximum Gasteiger partial charge on any atom is 0.251 e. The summed E-state index contributed by atoms with van der Waals surface area (Å²) >= 11 is 0. The summed E-state index contributed by atoms with van der Waals surface area (Å²) in [5.74, 6) is -1.48. The molecule has 0 heterocycles. The van der Waals surface area contributed by atoms with Crippen molar-refractivity contribution < 1.29 is 22.4 Å². The summed E-state index contributed by atoms with van der Waals surface area (Å²) in [5, 5.41) is 6.02. The minimum Gasteiger partial charge on any atom is -0.353 e. The third-order valence-electron chi connectivity index (χ3n) is 4.12. The molecule has 0 aliphatic carbocycles. The van der Waals surface area contributed by atoms with Gasteiger partial charge in [-0.3, -0.25) is 9.59 Å². The number of hydrogen-bond donors (Lipinski definition) is 3. The number of amides is 2. The van der Waals surface area contributed by atoms with Crippen molar-refractivity contribution in [1.29, 1.82) is 0 Å². The number of sulfonamides is 1. The van der Waals surface area contributed by atoms with Crippen LogP contribution in [-0.2, 0) is 14.8 Å². The summed E-state index contributed by atoms with van der Waals surface area (Å²) in [7, 11) is -3.77. The van der Waals surface area contributed by atoms with E-state index >= 15 is 0 Å². The topological polar surface area (TPSA) is 104 Å². The molecule has 2 aromatic rings. The first-order chi connectivity index (χ1) is 14.2. The minimum absolute atomic E-state index is 0.0971. The Morgan fingerprint density at radius 2 is 1.67 bits per heavy atom.